The van der Waals surface area contributed by atoms with E-state index in [1.54, 1.807) is 48.5 Å². The lowest BCUT2D eigenvalue weighted by molar-refractivity contribution is -0.232. The molecule has 2 atom stereocenters. The Bertz CT molecular complexity index is 1740. The van der Waals surface area contributed by atoms with Gasteiger partial charge in [-0.25, -0.2) is 9.59 Å². The molecule has 0 aromatic heterocycles. The quantitative estimate of drug-likeness (QED) is 0.244. The van der Waals surface area contributed by atoms with Crippen LogP contribution in [-0.4, -0.2) is 43.9 Å². The van der Waals surface area contributed by atoms with Crippen molar-refractivity contribution in [3.8, 4) is 23.0 Å². The molecule has 0 bridgehead atoms. The lowest BCUT2D eigenvalue weighted by Gasteiger charge is -2.34. The largest absolute Gasteiger partial charge is 0.508 e. The molecule has 0 radical (unpaired) electrons. The van der Waals surface area contributed by atoms with Crippen molar-refractivity contribution in [3.63, 3.8) is 0 Å². The Morgan fingerprint density at radius 3 is 1.00 bits per heavy atom. The van der Waals surface area contributed by atoms with Crippen LogP contribution in [0, 0.1) is 0 Å². The maximum Gasteiger partial charge on any atom is 0.334 e. The molecule has 0 fully saturated rings. The van der Waals surface area contributed by atoms with Crippen LogP contribution in [0.5, 0.6) is 23.0 Å². The molecule has 4 aromatic rings. The maximum absolute atomic E-state index is 13.2. The minimum atomic E-state index is -1.97. The first-order valence-corrected chi connectivity index (χ1v) is 13.2. The Labute approximate surface area is 244 Å². The monoisotopic (exact) mass is 574 g/mol. The van der Waals surface area contributed by atoms with Crippen LogP contribution in [0.2, 0.25) is 0 Å². The van der Waals surface area contributed by atoms with E-state index in [9.17, 15) is 30.0 Å². The Morgan fingerprint density at radius 1 is 0.419 bits per heavy atom. The molecule has 4 aromatic carbocycles. The molecule has 4 N–H and O–H groups in total. The van der Waals surface area contributed by atoms with E-state index in [1.165, 1.54) is 60.7 Å². The van der Waals surface area contributed by atoms with E-state index >= 15 is 0 Å². The summed E-state index contributed by atoms with van der Waals surface area (Å²) in [7, 11) is 0. The van der Waals surface area contributed by atoms with E-state index in [2.05, 4.69) is 0 Å². The van der Waals surface area contributed by atoms with Crippen molar-refractivity contribution >= 4 is 34.2 Å². The van der Waals surface area contributed by atoms with Gasteiger partial charge in [-0.3, -0.25) is 4.74 Å². The number of phenols is 4. The molecule has 9 nitrogen and oxygen atoms in total. The molecule has 212 valence electrons. The lowest BCUT2D eigenvalue weighted by Crippen LogP contribution is -2.41. The molecule has 0 amide bonds. The Morgan fingerprint density at radius 2 is 0.698 bits per heavy atom. The molecule has 0 aliphatic carbocycles. The molecule has 3 aliphatic heterocycles. The molecule has 3 aliphatic rings. The number of esters is 2. The number of phenolic OH excluding ortho intramolecular Hbond substituents is 4. The normalized spacial score (nSPS) is 22.6. The highest BCUT2D eigenvalue weighted by atomic mass is 16.8. The molecule has 2 spiro atoms. The zero-order chi connectivity index (χ0) is 29.9. The minimum Gasteiger partial charge on any atom is -0.508 e. The van der Waals surface area contributed by atoms with Crippen LogP contribution >= 0.6 is 0 Å². The van der Waals surface area contributed by atoms with E-state index in [0.717, 1.165) is 0 Å². The summed E-state index contributed by atoms with van der Waals surface area (Å²) in [5, 5.41) is 40.2. The van der Waals surface area contributed by atoms with E-state index in [0.29, 0.717) is 33.4 Å². The fourth-order valence-electron chi connectivity index (χ4n) is 5.79. The van der Waals surface area contributed by atoms with Crippen LogP contribution in [0.4, 0.5) is 0 Å². The van der Waals surface area contributed by atoms with Gasteiger partial charge in [-0.1, -0.05) is 48.5 Å². The van der Waals surface area contributed by atoms with Gasteiger partial charge in [0.15, 0.2) is 0 Å². The smallest absolute Gasteiger partial charge is 0.334 e. The molecule has 0 unspecified atom stereocenters. The third-order valence-corrected chi connectivity index (χ3v) is 7.59. The number of aromatic hydroxyl groups is 4. The van der Waals surface area contributed by atoms with Crippen LogP contribution in [0.3, 0.4) is 0 Å². The van der Waals surface area contributed by atoms with Crippen LogP contribution in [0.25, 0.3) is 22.3 Å². The molecule has 7 rings (SSSR count). The third-order valence-electron chi connectivity index (χ3n) is 7.59. The summed E-state index contributed by atoms with van der Waals surface area (Å²) in [5.41, 5.74) is 3.10. The van der Waals surface area contributed by atoms with Crippen LogP contribution in [-0.2, 0) is 23.8 Å². The van der Waals surface area contributed by atoms with Crippen molar-refractivity contribution < 1.29 is 44.2 Å². The van der Waals surface area contributed by atoms with Crippen molar-refractivity contribution in [1.82, 2.24) is 0 Å². The van der Waals surface area contributed by atoms with Gasteiger partial charge in [0.2, 0.25) is 0 Å². The zero-order valence-electron chi connectivity index (χ0n) is 22.2. The number of carbonyl (C=O) groups excluding carboxylic acids is 2. The molecular weight excluding hydrogens is 552 g/mol. The van der Waals surface area contributed by atoms with Crippen molar-refractivity contribution in [1.29, 1.82) is 0 Å². The Hall–Kier alpha value is -5.80. The second-order valence-corrected chi connectivity index (χ2v) is 10.2. The Kier molecular flexibility index (Phi) is 5.69. The number of benzene rings is 4. The van der Waals surface area contributed by atoms with E-state index in [-0.39, 0.29) is 34.1 Å². The number of rotatable bonds is 4. The van der Waals surface area contributed by atoms with Crippen molar-refractivity contribution in [2.45, 2.75) is 11.6 Å². The second-order valence-electron chi connectivity index (χ2n) is 10.2. The van der Waals surface area contributed by atoms with Gasteiger partial charge in [-0.05, 0) is 70.8 Å². The molecule has 43 heavy (non-hydrogen) atoms. The average molecular weight is 575 g/mol. The highest BCUT2D eigenvalue weighted by Crippen LogP contribution is 2.63. The first-order chi connectivity index (χ1) is 20.7. The summed E-state index contributed by atoms with van der Waals surface area (Å²) in [6.07, 6.45) is 2.56. The number of hydrogen-bond donors (Lipinski definition) is 4. The lowest BCUT2D eigenvalue weighted by atomic mass is 9.81. The topological polar surface area (TPSA) is 143 Å². The molecule has 3 heterocycles. The fraction of sp³-hybridized carbons (Fsp3) is 0.0588. The summed E-state index contributed by atoms with van der Waals surface area (Å²) < 4.78 is 19.0. The van der Waals surface area contributed by atoms with Gasteiger partial charge in [0.05, 0.1) is 0 Å². The first kappa shape index (κ1) is 26.1. The van der Waals surface area contributed by atoms with Gasteiger partial charge in [-0.15, -0.1) is 0 Å². The van der Waals surface area contributed by atoms with Crippen LogP contribution in [0.15, 0.2) is 109 Å². The molecule has 0 saturated heterocycles. The summed E-state index contributed by atoms with van der Waals surface area (Å²) >= 11 is 0. The second kappa shape index (κ2) is 9.37. The van der Waals surface area contributed by atoms with E-state index < -0.39 is 23.5 Å². The number of hydrogen-bond acceptors (Lipinski definition) is 9. The number of carbonyl (C=O) groups is 2. The predicted octanol–water partition coefficient (Wildman–Crippen LogP) is 5.12. The van der Waals surface area contributed by atoms with Crippen LogP contribution < -0.4 is 0 Å². The van der Waals surface area contributed by atoms with Crippen molar-refractivity contribution in [2.24, 2.45) is 0 Å². The van der Waals surface area contributed by atoms with Gasteiger partial charge >= 0.3 is 11.9 Å². The molecule has 0 saturated carbocycles. The summed E-state index contributed by atoms with van der Waals surface area (Å²) in [6.45, 7) is 0. The Balaban J connectivity index is 1.59. The standard InChI is InChI=1S/C34H22O9/c35-23-9-1-19(2-10-23)27-17-29(39)41-33(27)31(21-5-13-25(37)14-6-21)32(22-7-15-26(38)16-8-22)34(43-33)28(18-30(40)42-34)20-3-11-24(36)12-4-20/h1-18,35-38H/t33-,34+. The summed E-state index contributed by atoms with van der Waals surface area (Å²) in [6, 6.07) is 24.6. The molecular formula is C34H22O9. The summed E-state index contributed by atoms with van der Waals surface area (Å²) in [5.74, 6) is -5.39. The fourth-order valence-corrected chi connectivity index (χ4v) is 5.79. The zero-order valence-corrected chi connectivity index (χ0v) is 22.2. The highest BCUT2D eigenvalue weighted by molar-refractivity contribution is 6.16. The van der Waals surface area contributed by atoms with E-state index in [1.807, 2.05) is 0 Å². The maximum atomic E-state index is 13.2. The van der Waals surface area contributed by atoms with Crippen LogP contribution in [0.1, 0.15) is 22.3 Å². The van der Waals surface area contributed by atoms with E-state index in [4.69, 9.17) is 14.2 Å². The summed E-state index contributed by atoms with van der Waals surface area (Å²) in [4.78, 5) is 26.3. The minimum absolute atomic E-state index is 0.00657. The van der Waals surface area contributed by atoms with Crippen molar-refractivity contribution in [2.75, 3.05) is 0 Å². The van der Waals surface area contributed by atoms with Crippen molar-refractivity contribution in [3.05, 3.63) is 131 Å². The SMILES string of the molecule is O=C1C=C(c2ccc(O)cc2)[C@]2(O1)O[C@@]1(OC(=O)C=C1c1ccc(O)cc1)C(c1ccc(O)cc1)=C2c1ccc(O)cc1. The van der Waals surface area contributed by atoms with Gasteiger partial charge in [0.1, 0.15) is 23.0 Å². The van der Waals surface area contributed by atoms with Gasteiger partial charge in [0, 0.05) is 34.4 Å². The predicted molar refractivity (Wildman–Crippen MR) is 154 cm³/mol. The molecule has 9 heteroatoms. The third kappa shape index (κ3) is 4.05. The highest BCUT2D eigenvalue weighted by Gasteiger charge is 2.67. The first-order valence-electron chi connectivity index (χ1n) is 13.2. The number of ether oxygens (including phenoxy) is 3. The average Bonchev–Trinajstić information content (AvgIpc) is 3.59. The van der Waals surface area contributed by atoms with Gasteiger partial charge in [-0.2, -0.15) is 0 Å². The van der Waals surface area contributed by atoms with Gasteiger partial charge in [0.25, 0.3) is 11.6 Å². The van der Waals surface area contributed by atoms with Gasteiger partial charge < -0.3 is 29.9 Å².